The fourth-order valence-corrected chi connectivity index (χ4v) is 6.05. The molecule has 2 atom stereocenters. The first kappa shape index (κ1) is 32.1. The second-order valence-corrected chi connectivity index (χ2v) is 11.8. The number of esters is 1. The van der Waals surface area contributed by atoms with Gasteiger partial charge in [-0.3, -0.25) is 4.79 Å². The summed E-state index contributed by atoms with van der Waals surface area (Å²) in [6.07, 6.45) is -0.199. The SMILES string of the molecule is O=C(N[C@@H](Cc1ccc(O)cc1)C(=O)N[C@@H](COC(=O)c1ccccc1)Cc1ccccc1)OCC1c2ccccc2-c2ccccc21. The molecule has 5 aromatic rings. The van der Waals surface area contributed by atoms with Crippen molar-refractivity contribution in [1.29, 1.82) is 0 Å². The number of benzene rings is 5. The molecule has 8 nitrogen and oxygen atoms in total. The summed E-state index contributed by atoms with van der Waals surface area (Å²) in [5, 5.41) is 15.6. The molecular weight excluding hydrogens is 604 g/mol. The largest absolute Gasteiger partial charge is 0.508 e. The minimum Gasteiger partial charge on any atom is -0.508 e. The van der Waals surface area contributed by atoms with Gasteiger partial charge < -0.3 is 25.2 Å². The van der Waals surface area contributed by atoms with E-state index in [1.54, 1.807) is 36.4 Å². The van der Waals surface area contributed by atoms with Gasteiger partial charge in [-0.15, -0.1) is 0 Å². The molecule has 8 heteroatoms. The molecule has 48 heavy (non-hydrogen) atoms. The summed E-state index contributed by atoms with van der Waals surface area (Å²) < 4.78 is 11.4. The lowest BCUT2D eigenvalue weighted by atomic mass is 9.98. The van der Waals surface area contributed by atoms with Gasteiger partial charge >= 0.3 is 12.1 Å². The smallest absolute Gasteiger partial charge is 0.407 e. The molecule has 0 bridgehead atoms. The van der Waals surface area contributed by atoms with E-state index >= 15 is 0 Å². The normalized spacial score (nSPS) is 13.0. The van der Waals surface area contributed by atoms with Crippen LogP contribution in [0.1, 0.15) is 38.5 Å². The van der Waals surface area contributed by atoms with Crippen LogP contribution in [-0.4, -0.2) is 48.4 Å². The number of nitrogens with one attached hydrogen (secondary N) is 2. The molecule has 0 saturated heterocycles. The molecule has 0 heterocycles. The third kappa shape index (κ3) is 7.90. The third-order valence-corrected chi connectivity index (χ3v) is 8.42. The molecule has 2 amide bonds. The standard InChI is InChI=1S/C40H36N2O6/c43-31-21-19-28(20-22-31)24-37(42-40(46)48-26-36-34-17-9-7-15-32(34)33-16-8-10-18-35(33)36)38(44)41-30(23-27-11-3-1-4-12-27)25-47-39(45)29-13-5-2-6-14-29/h1-22,30,36-37,43H,23-26H2,(H,41,44)(H,42,46)/t30-,37+/m1/s1. The molecule has 242 valence electrons. The fourth-order valence-electron chi connectivity index (χ4n) is 6.05. The van der Waals surface area contributed by atoms with Crippen molar-refractivity contribution in [3.8, 4) is 16.9 Å². The zero-order chi connectivity index (χ0) is 33.3. The van der Waals surface area contributed by atoms with Crippen LogP contribution in [0.5, 0.6) is 5.75 Å². The van der Waals surface area contributed by atoms with Gasteiger partial charge in [-0.25, -0.2) is 9.59 Å². The number of amides is 2. The van der Waals surface area contributed by atoms with E-state index in [2.05, 4.69) is 22.8 Å². The third-order valence-electron chi connectivity index (χ3n) is 8.42. The maximum absolute atomic E-state index is 13.9. The Morgan fingerprint density at radius 2 is 1.19 bits per heavy atom. The Kier molecular flexibility index (Phi) is 10.1. The van der Waals surface area contributed by atoms with Crippen molar-refractivity contribution in [2.24, 2.45) is 0 Å². The number of alkyl carbamates (subject to hydrolysis) is 1. The number of carbonyl (C=O) groups is 3. The van der Waals surface area contributed by atoms with Gasteiger partial charge in [0.2, 0.25) is 5.91 Å². The molecule has 0 aromatic heterocycles. The van der Waals surface area contributed by atoms with Crippen LogP contribution < -0.4 is 10.6 Å². The van der Waals surface area contributed by atoms with Crippen LogP contribution in [0, 0.1) is 0 Å². The lowest BCUT2D eigenvalue weighted by molar-refractivity contribution is -0.124. The Balaban J connectivity index is 1.16. The van der Waals surface area contributed by atoms with Crippen molar-refractivity contribution in [3.05, 3.63) is 161 Å². The van der Waals surface area contributed by atoms with Crippen LogP contribution in [0.15, 0.2) is 133 Å². The Bertz CT molecular complexity index is 1820. The van der Waals surface area contributed by atoms with Crippen LogP contribution in [0.3, 0.4) is 0 Å². The number of hydrogen-bond donors (Lipinski definition) is 3. The molecule has 0 aliphatic heterocycles. The van der Waals surface area contributed by atoms with E-state index in [-0.39, 0.29) is 31.3 Å². The van der Waals surface area contributed by atoms with Crippen LogP contribution in [0.2, 0.25) is 0 Å². The van der Waals surface area contributed by atoms with E-state index in [0.717, 1.165) is 33.4 Å². The maximum Gasteiger partial charge on any atom is 0.407 e. The molecule has 0 fully saturated rings. The summed E-state index contributed by atoms with van der Waals surface area (Å²) in [4.78, 5) is 39.9. The number of phenolic OH excluding ortho intramolecular Hbond substituents is 1. The summed E-state index contributed by atoms with van der Waals surface area (Å²) in [5.41, 5.74) is 6.47. The van der Waals surface area contributed by atoms with E-state index in [0.29, 0.717) is 12.0 Å². The molecule has 3 N–H and O–H groups in total. The summed E-state index contributed by atoms with van der Waals surface area (Å²) >= 11 is 0. The summed E-state index contributed by atoms with van der Waals surface area (Å²) in [6, 6.07) is 39.2. The highest BCUT2D eigenvalue weighted by Crippen LogP contribution is 2.44. The zero-order valence-corrected chi connectivity index (χ0v) is 26.3. The Morgan fingerprint density at radius 3 is 1.83 bits per heavy atom. The second kappa shape index (κ2) is 15.1. The summed E-state index contributed by atoms with van der Waals surface area (Å²) in [5.74, 6) is -1.01. The number of rotatable bonds is 12. The zero-order valence-electron chi connectivity index (χ0n) is 26.3. The molecule has 1 aliphatic rings. The van der Waals surface area contributed by atoms with E-state index in [9.17, 15) is 19.5 Å². The maximum atomic E-state index is 13.9. The van der Waals surface area contributed by atoms with Gasteiger partial charge in [0, 0.05) is 12.3 Å². The molecule has 0 radical (unpaired) electrons. The predicted molar refractivity (Wildman–Crippen MR) is 183 cm³/mol. The van der Waals surface area contributed by atoms with E-state index < -0.39 is 30.1 Å². The number of fused-ring (bicyclic) bond motifs is 3. The highest BCUT2D eigenvalue weighted by atomic mass is 16.5. The molecule has 0 unspecified atom stereocenters. The van der Waals surface area contributed by atoms with Gasteiger partial charge in [-0.2, -0.15) is 0 Å². The summed E-state index contributed by atoms with van der Waals surface area (Å²) in [6.45, 7) is 0.0186. The van der Waals surface area contributed by atoms with Crippen molar-refractivity contribution in [2.45, 2.75) is 30.8 Å². The van der Waals surface area contributed by atoms with Gasteiger partial charge in [0.05, 0.1) is 11.6 Å². The molecular formula is C40H36N2O6. The average molecular weight is 641 g/mol. The van der Waals surface area contributed by atoms with Crippen LogP contribution in [0.4, 0.5) is 4.79 Å². The number of phenols is 1. The molecule has 5 aromatic carbocycles. The quantitative estimate of drug-likeness (QED) is 0.136. The minimum atomic E-state index is -1.02. The topological polar surface area (TPSA) is 114 Å². The monoisotopic (exact) mass is 640 g/mol. The van der Waals surface area contributed by atoms with Crippen molar-refractivity contribution in [1.82, 2.24) is 10.6 Å². The average Bonchev–Trinajstić information content (AvgIpc) is 3.44. The van der Waals surface area contributed by atoms with Gasteiger partial charge in [0.15, 0.2) is 0 Å². The second-order valence-electron chi connectivity index (χ2n) is 11.8. The van der Waals surface area contributed by atoms with E-state index in [4.69, 9.17) is 9.47 Å². The Morgan fingerprint density at radius 1 is 0.625 bits per heavy atom. The minimum absolute atomic E-state index is 0.0781. The van der Waals surface area contributed by atoms with Gasteiger partial charge in [0.25, 0.3) is 0 Å². The van der Waals surface area contributed by atoms with E-state index in [1.165, 1.54) is 12.1 Å². The Labute approximate surface area is 279 Å². The number of aromatic hydroxyl groups is 1. The number of ether oxygens (including phenoxy) is 2. The van der Waals surface area contributed by atoms with Gasteiger partial charge in [0.1, 0.15) is 25.0 Å². The van der Waals surface area contributed by atoms with Crippen molar-refractivity contribution < 1.29 is 29.0 Å². The first-order valence-electron chi connectivity index (χ1n) is 15.9. The van der Waals surface area contributed by atoms with Crippen LogP contribution in [-0.2, 0) is 27.1 Å². The first-order valence-corrected chi connectivity index (χ1v) is 15.9. The van der Waals surface area contributed by atoms with Crippen LogP contribution >= 0.6 is 0 Å². The summed E-state index contributed by atoms with van der Waals surface area (Å²) in [7, 11) is 0. The van der Waals surface area contributed by atoms with Crippen LogP contribution in [0.25, 0.3) is 11.1 Å². The lowest BCUT2D eigenvalue weighted by Gasteiger charge is -2.24. The molecule has 0 saturated carbocycles. The van der Waals surface area contributed by atoms with Crippen molar-refractivity contribution in [2.75, 3.05) is 13.2 Å². The van der Waals surface area contributed by atoms with Crippen molar-refractivity contribution >= 4 is 18.0 Å². The van der Waals surface area contributed by atoms with E-state index in [1.807, 2.05) is 72.8 Å². The highest BCUT2D eigenvalue weighted by molar-refractivity contribution is 5.89. The van der Waals surface area contributed by atoms with Gasteiger partial charge in [-0.05, 0) is 64.1 Å². The number of hydrogen-bond acceptors (Lipinski definition) is 6. The molecule has 0 spiro atoms. The fraction of sp³-hybridized carbons (Fsp3) is 0.175. The number of carbonyl (C=O) groups excluding carboxylic acids is 3. The highest BCUT2D eigenvalue weighted by Gasteiger charge is 2.30. The molecule has 6 rings (SSSR count). The predicted octanol–water partition coefficient (Wildman–Crippen LogP) is 6.43. The molecule has 1 aliphatic carbocycles. The van der Waals surface area contributed by atoms with Crippen molar-refractivity contribution in [3.63, 3.8) is 0 Å². The van der Waals surface area contributed by atoms with Gasteiger partial charge in [-0.1, -0.05) is 109 Å². The first-order chi connectivity index (χ1) is 23.4. The lowest BCUT2D eigenvalue weighted by Crippen LogP contribution is -2.52. The Hall–Kier alpha value is -5.89.